The molecule has 5 amide bonds. The molecule has 0 spiro atoms. The number of thioether (sulfide) groups is 5. The minimum Gasteiger partial charge on any atom is -0.508 e. The maximum Gasteiger partial charge on any atom is 0.416 e. The van der Waals surface area contributed by atoms with Crippen LogP contribution >= 0.6 is 70.4 Å². The lowest BCUT2D eigenvalue weighted by Crippen LogP contribution is -2.26. The Morgan fingerprint density at radius 3 is 0.849 bits per heavy atom. The summed E-state index contributed by atoms with van der Waals surface area (Å²) in [5, 5.41) is 46.8. The van der Waals surface area contributed by atoms with E-state index in [0.29, 0.717) is 75.3 Å². The van der Waals surface area contributed by atoms with E-state index in [4.69, 9.17) is 16.3 Å². The van der Waals surface area contributed by atoms with Crippen molar-refractivity contribution in [2.24, 2.45) is 0 Å². The minimum absolute atomic E-state index is 0.0452. The Balaban J connectivity index is 0.000000231. The normalized spacial score (nSPS) is 10.7. The fraction of sp³-hybridized carbons (Fsp3) is 0.301. The maximum absolute atomic E-state index is 12.9. The Labute approximate surface area is 723 Å². The largest absolute Gasteiger partial charge is 0.508 e. The summed E-state index contributed by atoms with van der Waals surface area (Å²) in [7, 11) is 10.5. The fourth-order valence-corrected chi connectivity index (χ4v) is 15.4. The standard InChI is InChI=1S/C19H20F3NO2S.C19H23NO3S.C19H23NO2S.C18H20ClNO2S.C18H20FNO2S/c1-23(13-14-4-6-15(7-5-14)19(20,21)22)18(25)3-2-12-26-17-10-8-16(24)9-11-17;1-20(14-15-5-9-17(23-2)10-6-15)19(22)4-3-13-24-18-11-7-16(21)8-12-18;1-15-5-7-16(8-6-15)14-20(2)19(22)4-3-13-23-18-11-9-17(21)10-12-18;1-20(13-14-5-2-3-6-17(14)19)18(22)7-4-12-23-16-10-8-15(21)9-11-16;1-20(13-14-4-6-15(19)7-5-14)18(22)3-2-12-23-17-10-8-16(21)9-11-17/h4-11,24H,2-3,12-13H2,1H3;5-12,21H,3-4,13-14H2,1-2H3;5-12,21H,3-4,13-14H2,1-2H3;2-3,5-6,8-11,21H,4,7,12-13H2,1H3;4-11,21H,2-3,12-13H2,1H3. The van der Waals surface area contributed by atoms with Gasteiger partial charge in [0.25, 0.3) is 0 Å². The van der Waals surface area contributed by atoms with E-state index in [1.165, 1.54) is 34.7 Å². The van der Waals surface area contributed by atoms with Crippen molar-refractivity contribution >= 4 is 99.9 Å². The molecule has 0 fully saturated rings. The first-order valence-corrected chi connectivity index (χ1v) is 43.9. The Hall–Kier alpha value is -9.89. The molecule has 10 aromatic carbocycles. The molecule has 119 heavy (non-hydrogen) atoms. The van der Waals surface area contributed by atoms with Crippen molar-refractivity contribution in [1.82, 2.24) is 24.5 Å². The Morgan fingerprint density at radius 2 is 0.588 bits per heavy atom. The van der Waals surface area contributed by atoms with Crippen molar-refractivity contribution in [3.8, 4) is 34.5 Å². The fourth-order valence-electron chi connectivity index (χ4n) is 11.0. The summed E-state index contributed by atoms with van der Waals surface area (Å²) >= 11 is 14.5. The van der Waals surface area contributed by atoms with E-state index in [1.54, 1.807) is 179 Å². The lowest BCUT2D eigenvalue weighted by molar-refractivity contribution is -0.138. The molecule has 26 heteroatoms. The average molecular weight is 1740 g/mol. The number of aromatic hydroxyl groups is 5. The Morgan fingerprint density at radius 1 is 0.345 bits per heavy atom. The van der Waals surface area contributed by atoms with Gasteiger partial charge in [-0.3, -0.25) is 24.0 Å². The summed E-state index contributed by atoms with van der Waals surface area (Å²) in [6.07, 6.45) is 2.12. The van der Waals surface area contributed by atoms with Gasteiger partial charge >= 0.3 is 6.18 Å². The number of ether oxygens (including phenoxy) is 1. The van der Waals surface area contributed by atoms with Crippen LogP contribution in [0, 0.1) is 12.7 Å². The van der Waals surface area contributed by atoms with Crippen LogP contribution in [0.5, 0.6) is 34.5 Å². The van der Waals surface area contributed by atoms with Gasteiger partial charge < -0.3 is 54.8 Å². The highest BCUT2D eigenvalue weighted by molar-refractivity contribution is 8.00. The first-order chi connectivity index (χ1) is 57.0. The predicted octanol–water partition coefficient (Wildman–Crippen LogP) is 21.7. The van der Waals surface area contributed by atoms with Crippen LogP contribution in [0.1, 0.15) is 103 Å². The summed E-state index contributed by atoms with van der Waals surface area (Å²) in [6, 6.07) is 70.0. The SMILES string of the molecule is CN(Cc1ccc(C(F)(F)F)cc1)C(=O)CCCSc1ccc(O)cc1.CN(Cc1ccc(F)cc1)C(=O)CCCSc1ccc(O)cc1.CN(Cc1ccccc1Cl)C(=O)CCCSc1ccc(O)cc1.COc1ccc(CN(C)C(=O)CCCSc2ccc(O)cc2)cc1.Cc1ccc(CN(C)C(=O)CCCSc2ccc(O)cc2)cc1. The number of halogens is 5. The summed E-state index contributed by atoms with van der Waals surface area (Å²) in [5.41, 5.74) is 5.32. The van der Waals surface area contributed by atoms with Crippen molar-refractivity contribution in [2.45, 2.75) is 135 Å². The molecule has 0 atom stereocenters. The number of phenols is 5. The number of carbonyl (C=O) groups is 5. The molecular formula is C93H106ClF4N5O11S5. The van der Waals surface area contributed by atoms with E-state index in [9.17, 15) is 67.1 Å². The molecule has 0 saturated carbocycles. The first-order valence-electron chi connectivity index (χ1n) is 38.6. The van der Waals surface area contributed by atoms with Gasteiger partial charge in [-0.1, -0.05) is 96.0 Å². The van der Waals surface area contributed by atoms with Gasteiger partial charge in [-0.25, -0.2) is 4.39 Å². The highest BCUT2D eigenvalue weighted by Gasteiger charge is 2.30. The van der Waals surface area contributed by atoms with Crippen LogP contribution in [0.4, 0.5) is 17.6 Å². The molecule has 10 aromatic rings. The van der Waals surface area contributed by atoms with Gasteiger partial charge in [-0.2, -0.15) is 13.2 Å². The van der Waals surface area contributed by atoms with Crippen molar-refractivity contribution in [2.75, 3.05) is 71.1 Å². The lowest BCUT2D eigenvalue weighted by atomic mass is 10.1. The molecule has 0 aromatic heterocycles. The van der Waals surface area contributed by atoms with Gasteiger partial charge in [0.2, 0.25) is 29.5 Å². The molecule has 0 bridgehead atoms. The molecule has 0 heterocycles. The molecule has 0 aliphatic rings. The molecule has 10 rings (SSSR count). The van der Waals surface area contributed by atoms with Crippen molar-refractivity contribution in [3.63, 3.8) is 0 Å². The molecule has 16 nitrogen and oxygen atoms in total. The average Bonchev–Trinajstić information content (AvgIpc) is 0.846. The first kappa shape index (κ1) is 97.9. The number of aryl methyl sites for hydroxylation is 1. The molecule has 5 N–H and O–H groups in total. The van der Waals surface area contributed by atoms with Crippen molar-refractivity contribution in [3.05, 3.63) is 292 Å². The van der Waals surface area contributed by atoms with E-state index in [-0.39, 0.29) is 70.6 Å². The van der Waals surface area contributed by atoms with Gasteiger partial charge in [-0.05, 0) is 259 Å². The Bertz CT molecular complexity index is 4510. The number of carbonyl (C=O) groups excluding carboxylic acids is 5. The van der Waals surface area contributed by atoms with Crippen LogP contribution in [-0.4, -0.2) is 151 Å². The number of phenolic OH excluding ortho intramolecular Hbond substituents is 5. The van der Waals surface area contributed by atoms with Crippen LogP contribution in [0.15, 0.2) is 267 Å². The summed E-state index contributed by atoms with van der Waals surface area (Å²) in [5.74, 6) is 6.60. The number of methoxy groups -OCH3 is 1. The topological polar surface area (TPSA) is 212 Å². The van der Waals surface area contributed by atoms with Crippen LogP contribution < -0.4 is 4.74 Å². The highest BCUT2D eigenvalue weighted by atomic mass is 35.5. The minimum atomic E-state index is -4.35. The number of alkyl halides is 3. The molecule has 634 valence electrons. The lowest BCUT2D eigenvalue weighted by Gasteiger charge is -2.18. The second-order valence-corrected chi connectivity index (χ2v) is 34.0. The number of amides is 5. The van der Waals surface area contributed by atoms with Crippen molar-refractivity contribution < 1.29 is 71.8 Å². The quantitative estimate of drug-likeness (QED) is 0.0140. The molecule has 0 unspecified atom stereocenters. The van der Waals surface area contributed by atoms with E-state index in [1.807, 2.05) is 123 Å². The number of hydrogen-bond acceptors (Lipinski definition) is 16. The summed E-state index contributed by atoms with van der Waals surface area (Å²) in [4.78, 5) is 74.6. The van der Waals surface area contributed by atoms with E-state index < -0.39 is 11.7 Å². The summed E-state index contributed by atoms with van der Waals surface area (Å²) in [6.45, 7) is 4.62. The van der Waals surface area contributed by atoms with Gasteiger partial charge in [0.1, 0.15) is 40.3 Å². The monoisotopic (exact) mass is 1740 g/mol. The van der Waals surface area contributed by atoms with Crippen LogP contribution in [-0.2, 0) is 62.9 Å². The molecule has 0 saturated heterocycles. The zero-order valence-corrected chi connectivity index (χ0v) is 72.9. The number of nitrogens with zero attached hydrogens (tertiary/aromatic N) is 5. The number of rotatable bonds is 36. The number of benzene rings is 10. The predicted molar refractivity (Wildman–Crippen MR) is 476 cm³/mol. The second-order valence-electron chi connectivity index (χ2n) is 27.7. The third kappa shape index (κ3) is 40.2. The van der Waals surface area contributed by atoms with Crippen molar-refractivity contribution in [1.29, 1.82) is 0 Å². The zero-order chi connectivity index (χ0) is 86.5. The molecule has 0 aliphatic heterocycles. The van der Waals surface area contributed by atoms with Gasteiger partial charge in [0.15, 0.2) is 0 Å². The van der Waals surface area contributed by atoms with E-state index in [2.05, 4.69) is 31.2 Å². The van der Waals surface area contributed by atoms with Gasteiger partial charge in [0.05, 0.1) is 12.7 Å². The molecule has 0 radical (unpaired) electrons. The maximum atomic E-state index is 12.9. The third-order valence-corrected chi connectivity index (χ3v) is 23.7. The molecular weight excluding hydrogens is 1630 g/mol. The molecule has 0 aliphatic carbocycles. The number of hydrogen-bond donors (Lipinski definition) is 5. The third-order valence-electron chi connectivity index (χ3n) is 17.8. The van der Waals surface area contributed by atoms with Gasteiger partial charge in [0, 0.05) is 130 Å². The highest BCUT2D eigenvalue weighted by Crippen LogP contribution is 2.31. The Kier molecular flexibility index (Phi) is 44.1. The smallest absolute Gasteiger partial charge is 0.416 e. The second kappa shape index (κ2) is 53.6. The van der Waals surface area contributed by atoms with E-state index in [0.717, 1.165) is 119 Å². The van der Waals surface area contributed by atoms with Gasteiger partial charge in [-0.15, -0.1) is 58.8 Å². The zero-order valence-electron chi connectivity index (χ0n) is 68.1. The van der Waals surface area contributed by atoms with Crippen LogP contribution in [0.2, 0.25) is 5.02 Å². The summed E-state index contributed by atoms with van der Waals surface area (Å²) < 4.78 is 55.6. The van der Waals surface area contributed by atoms with E-state index >= 15 is 0 Å². The van der Waals surface area contributed by atoms with Crippen LogP contribution in [0.3, 0.4) is 0 Å². The van der Waals surface area contributed by atoms with Crippen LogP contribution in [0.25, 0.3) is 0 Å².